The first-order valence-corrected chi connectivity index (χ1v) is 17.3. The molecule has 1 amide bonds. The van der Waals surface area contributed by atoms with Crippen LogP contribution in [0.15, 0.2) is 12.1 Å². The molecule has 45 heavy (non-hydrogen) atoms. The van der Waals surface area contributed by atoms with Gasteiger partial charge in [-0.05, 0) is 91.9 Å². The first kappa shape index (κ1) is 34.1. The number of carbonyl (C=O) groups excluding carboxylic acids is 2. The zero-order valence-corrected chi connectivity index (χ0v) is 26.6. The molecule has 252 valence electrons. The van der Waals surface area contributed by atoms with E-state index in [-0.39, 0.29) is 40.6 Å². The highest BCUT2D eigenvalue weighted by Crippen LogP contribution is 2.62. The van der Waals surface area contributed by atoms with E-state index in [4.69, 9.17) is 14.2 Å². The van der Waals surface area contributed by atoms with E-state index >= 15 is 0 Å². The number of hydrogen-bond donors (Lipinski definition) is 0. The van der Waals surface area contributed by atoms with Crippen LogP contribution in [0.5, 0.6) is 11.5 Å². The average molecular weight is 664 g/mol. The molecule has 0 N–H and O–H groups in total. The molecule has 1 saturated heterocycles. The van der Waals surface area contributed by atoms with Gasteiger partial charge in [-0.15, -0.1) is 0 Å². The molecule has 1 aromatic carbocycles. The third kappa shape index (κ3) is 7.04. The van der Waals surface area contributed by atoms with Gasteiger partial charge in [-0.3, -0.25) is 9.00 Å². The Morgan fingerprint density at radius 2 is 1.80 bits per heavy atom. The zero-order chi connectivity index (χ0) is 32.6. The van der Waals surface area contributed by atoms with Crippen LogP contribution in [-0.4, -0.2) is 78.0 Å². The van der Waals surface area contributed by atoms with E-state index in [1.807, 2.05) is 12.1 Å². The van der Waals surface area contributed by atoms with E-state index in [0.29, 0.717) is 69.3 Å². The number of alkyl halides is 5. The number of fused-ring (bicyclic) bond motifs is 5. The van der Waals surface area contributed by atoms with Gasteiger partial charge < -0.3 is 19.1 Å². The van der Waals surface area contributed by atoms with E-state index in [1.54, 1.807) is 4.90 Å². The molecule has 5 rings (SSSR count). The SMILES string of the molecule is COc1cc2c(cc1OC(=O)N1CCOCC1)C[C@@H](CCCS(=O)CCCC(F)(F)C(F)(F)F)[C@@H]1[C@@H]2CC[C@]2(C)C(=O)CC[C@@H]12. The molecular formula is C32H42F5NO6S. The van der Waals surface area contributed by atoms with Gasteiger partial charge in [0.05, 0.1) is 20.3 Å². The third-order valence-corrected chi connectivity index (χ3v) is 12.1. The topological polar surface area (TPSA) is 82.1 Å². The van der Waals surface area contributed by atoms with Crippen molar-refractivity contribution in [2.75, 3.05) is 44.9 Å². The maximum atomic E-state index is 13.3. The maximum Gasteiger partial charge on any atom is 0.453 e. The maximum absolute atomic E-state index is 13.3. The number of benzene rings is 1. The first-order chi connectivity index (χ1) is 21.2. The molecule has 1 aromatic rings. The van der Waals surface area contributed by atoms with Crippen LogP contribution in [0.4, 0.5) is 26.7 Å². The summed E-state index contributed by atoms with van der Waals surface area (Å²) in [7, 11) is 0.0168. The molecule has 3 aliphatic carbocycles. The first-order valence-electron chi connectivity index (χ1n) is 15.8. The minimum absolute atomic E-state index is 0.140. The molecule has 3 fully saturated rings. The van der Waals surface area contributed by atoms with Crippen LogP contribution in [-0.2, 0) is 26.8 Å². The van der Waals surface area contributed by atoms with Crippen molar-refractivity contribution in [2.45, 2.75) is 82.7 Å². The molecule has 13 heteroatoms. The van der Waals surface area contributed by atoms with E-state index in [9.17, 15) is 35.8 Å². The van der Waals surface area contributed by atoms with Crippen LogP contribution in [0, 0.1) is 23.2 Å². The highest BCUT2D eigenvalue weighted by atomic mass is 32.2. The molecule has 4 aliphatic rings. The van der Waals surface area contributed by atoms with E-state index in [2.05, 4.69) is 6.92 Å². The Morgan fingerprint density at radius 3 is 2.49 bits per heavy atom. The summed E-state index contributed by atoms with van der Waals surface area (Å²) < 4.78 is 93.4. The number of rotatable bonds is 10. The lowest BCUT2D eigenvalue weighted by molar-refractivity contribution is -0.284. The monoisotopic (exact) mass is 663 g/mol. The third-order valence-electron chi connectivity index (χ3n) is 10.6. The number of amides is 1. The molecule has 0 spiro atoms. The van der Waals surface area contributed by atoms with E-state index < -0.39 is 41.8 Å². The second-order valence-corrected chi connectivity index (χ2v) is 14.8. The lowest BCUT2D eigenvalue weighted by atomic mass is 9.52. The zero-order valence-electron chi connectivity index (χ0n) is 25.8. The van der Waals surface area contributed by atoms with Crippen LogP contribution in [0.1, 0.15) is 75.3 Å². The van der Waals surface area contributed by atoms with Crippen LogP contribution in [0.2, 0.25) is 0 Å². The second-order valence-electron chi connectivity index (χ2n) is 13.1. The summed E-state index contributed by atoms with van der Waals surface area (Å²) in [6, 6.07) is 3.85. The summed E-state index contributed by atoms with van der Waals surface area (Å²) in [5, 5.41) is 0. The Balaban J connectivity index is 1.32. The van der Waals surface area contributed by atoms with Crippen LogP contribution in [0.25, 0.3) is 0 Å². The van der Waals surface area contributed by atoms with Crippen LogP contribution in [0.3, 0.4) is 0 Å². The Morgan fingerprint density at radius 1 is 1.09 bits per heavy atom. The number of morpholine rings is 1. The fourth-order valence-electron chi connectivity index (χ4n) is 8.19. The fourth-order valence-corrected chi connectivity index (χ4v) is 9.35. The van der Waals surface area contributed by atoms with Crippen molar-refractivity contribution in [3.05, 3.63) is 23.3 Å². The summed E-state index contributed by atoms with van der Waals surface area (Å²) in [5.41, 5.74) is 1.78. The van der Waals surface area contributed by atoms with E-state index in [0.717, 1.165) is 30.4 Å². The number of halogens is 5. The molecule has 1 heterocycles. The van der Waals surface area contributed by atoms with Gasteiger partial charge in [-0.25, -0.2) is 4.79 Å². The van der Waals surface area contributed by atoms with Crippen molar-refractivity contribution in [3.63, 3.8) is 0 Å². The minimum atomic E-state index is -5.61. The summed E-state index contributed by atoms with van der Waals surface area (Å²) in [5.74, 6) is -2.98. The molecule has 6 atom stereocenters. The van der Waals surface area contributed by atoms with Gasteiger partial charge >= 0.3 is 18.2 Å². The molecule has 2 saturated carbocycles. The highest BCUT2D eigenvalue weighted by molar-refractivity contribution is 7.84. The lowest BCUT2D eigenvalue weighted by Crippen LogP contribution is -2.46. The van der Waals surface area contributed by atoms with Crippen molar-refractivity contribution < 1.29 is 50.0 Å². The van der Waals surface area contributed by atoms with Gasteiger partial charge in [-0.2, -0.15) is 22.0 Å². The van der Waals surface area contributed by atoms with Gasteiger partial charge in [0.2, 0.25) is 0 Å². The van der Waals surface area contributed by atoms with Gasteiger partial charge in [0.1, 0.15) is 5.78 Å². The predicted molar refractivity (Wildman–Crippen MR) is 157 cm³/mol. The number of ether oxygens (including phenoxy) is 3. The molecule has 1 aliphatic heterocycles. The molecule has 7 nitrogen and oxygen atoms in total. The summed E-state index contributed by atoms with van der Waals surface area (Å²) in [6.07, 6.45) is -3.09. The van der Waals surface area contributed by atoms with Crippen LogP contribution < -0.4 is 9.47 Å². The minimum Gasteiger partial charge on any atom is -0.493 e. The van der Waals surface area contributed by atoms with Gasteiger partial charge in [-0.1, -0.05) is 6.92 Å². The number of ketones is 1. The molecule has 0 bridgehead atoms. The van der Waals surface area contributed by atoms with Gasteiger partial charge in [0, 0.05) is 53.7 Å². The normalized spacial score (nSPS) is 29.0. The van der Waals surface area contributed by atoms with Crippen molar-refractivity contribution in [1.82, 2.24) is 4.90 Å². The molecule has 1 unspecified atom stereocenters. The summed E-state index contributed by atoms with van der Waals surface area (Å²) >= 11 is 0. The lowest BCUT2D eigenvalue weighted by Gasteiger charge is -2.52. The van der Waals surface area contributed by atoms with Crippen molar-refractivity contribution >= 4 is 22.7 Å². The van der Waals surface area contributed by atoms with Crippen molar-refractivity contribution in [2.24, 2.45) is 23.2 Å². The summed E-state index contributed by atoms with van der Waals surface area (Å²) in [4.78, 5) is 27.5. The Labute approximate surface area is 263 Å². The second kappa shape index (κ2) is 13.4. The Bertz CT molecular complexity index is 1290. The van der Waals surface area contributed by atoms with E-state index in [1.165, 1.54) is 7.11 Å². The number of nitrogens with zero attached hydrogens (tertiary/aromatic N) is 1. The predicted octanol–water partition coefficient (Wildman–Crippen LogP) is 6.68. The van der Waals surface area contributed by atoms with Crippen molar-refractivity contribution in [3.8, 4) is 11.5 Å². The smallest absolute Gasteiger partial charge is 0.453 e. The number of Topliss-reactive ketones (excluding diaryl/α,β-unsaturated/α-hetero) is 1. The van der Waals surface area contributed by atoms with Gasteiger partial charge in [0.15, 0.2) is 11.5 Å². The largest absolute Gasteiger partial charge is 0.493 e. The molecule has 0 aromatic heterocycles. The van der Waals surface area contributed by atoms with Crippen molar-refractivity contribution in [1.29, 1.82) is 0 Å². The highest BCUT2D eigenvalue weighted by Gasteiger charge is 2.57. The Hall–Kier alpha value is -2.28. The Kier molecular flexibility index (Phi) is 10.2. The average Bonchev–Trinajstić information content (AvgIpc) is 3.30. The molecule has 0 radical (unpaired) electrons. The quantitative estimate of drug-likeness (QED) is 0.260. The number of methoxy groups -OCH3 is 1. The van der Waals surface area contributed by atoms with Gasteiger partial charge in [0.25, 0.3) is 0 Å². The fraction of sp³-hybridized carbons (Fsp3) is 0.750. The molecular weight excluding hydrogens is 621 g/mol. The number of hydrogen-bond acceptors (Lipinski definition) is 6. The standard InChI is InChI=1S/C32H42F5NO6S/c1-30-10-8-22-23-19-25(42-2)26(44-29(40)38-11-13-43-14-12-38)18-21(23)17-20(28(22)24(30)6-7-27(30)39)5-3-15-45(41)16-4-9-31(33,34)32(35,36)37/h18-20,22,24,28H,3-17H2,1-2H3/t20-,22-,24+,28-,30+,45?/m1/s1. The number of carbonyl (C=O) groups is 2. The van der Waals surface area contributed by atoms with Crippen LogP contribution >= 0.6 is 0 Å². The summed E-state index contributed by atoms with van der Waals surface area (Å²) in [6.45, 7) is 3.82.